The fraction of sp³-hybridized carbons (Fsp3) is 0.174. The molecule has 0 bridgehead atoms. The maximum absolute atomic E-state index is 6.41. The van der Waals surface area contributed by atoms with Crippen molar-refractivity contribution in [1.29, 1.82) is 0 Å². The fourth-order valence-corrected chi connectivity index (χ4v) is 3.71. The number of nitrogens with zero attached hydrogens (tertiary/aromatic N) is 2. The Morgan fingerprint density at radius 2 is 1.62 bits per heavy atom. The molecule has 0 fully saturated rings. The van der Waals surface area contributed by atoms with E-state index >= 15 is 0 Å². The van der Waals surface area contributed by atoms with Gasteiger partial charge < -0.3 is 10.2 Å². The van der Waals surface area contributed by atoms with Gasteiger partial charge in [-0.25, -0.2) is 0 Å². The van der Waals surface area contributed by atoms with Crippen molar-refractivity contribution in [3.8, 4) is 0 Å². The average molecular weight is 426 g/mol. The van der Waals surface area contributed by atoms with Crippen molar-refractivity contribution < 1.29 is 4.74 Å². The van der Waals surface area contributed by atoms with Gasteiger partial charge in [-0.3, -0.25) is 9.99 Å². The Kier molecular flexibility index (Phi) is 6.35. The number of rotatable bonds is 7. The predicted molar refractivity (Wildman–Crippen MR) is 118 cm³/mol. The molecule has 0 aliphatic carbocycles. The first-order valence-corrected chi connectivity index (χ1v) is 10.2. The molecule has 0 amide bonds. The normalized spacial score (nSPS) is 13.7. The van der Waals surface area contributed by atoms with E-state index in [4.69, 9.17) is 27.9 Å². The number of ether oxygens (including phenoxy) is 1. The topological polar surface area (TPSA) is 37.4 Å². The third kappa shape index (κ3) is 4.91. The lowest BCUT2D eigenvalue weighted by atomic mass is 10.1. The molecule has 1 aliphatic rings. The first-order chi connectivity index (χ1) is 14.2. The second kappa shape index (κ2) is 9.31. The van der Waals surface area contributed by atoms with Crippen LogP contribution in [0.1, 0.15) is 11.1 Å². The van der Waals surface area contributed by atoms with Gasteiger partial charge in [-0.2, -0.15) is 0 Å². The summed E-state index contributed by atoms with van der Waals surface area (Å²) in [6.45, 7) is 1.68. The van der Waals surface area contributed by atoms with E-state index in [1.807, 2.05) is 73.1 Å². The maximum atomic E-state index is 6.41. The van der Waals surface area contributed by atoms with E-state index in [0.717, 1.165) is 28.4 Å². The molecule has 0 saturated heterocycles. The average Bonchev–Trinajstić information content (AvgIpc) is 3.13. The molecule has 4 rings (SSSR count). The van der Waals surface area contributed by atoms with Crippen molar-refractivity contribution in [3.63, 3.8) is 0 Å². The van der Waals surface area contributed by atoms with Crippen LogP contribution in [0.2, 0.25) is 10.0 Å². The van der Waals surface area contributed by atoms with Crippen LogP contribution in [-0.2, 0) is 17.8 Å². The summed E-state index contributed by atoms with van der Waals surface area (Å²) >= 11 is 12.7. The molecule has 6 heteroatoms. The number of anilines is 1. The first kappa shape index (κ1) is 19.8. The molecule has 4 nitrogen and oxygen atoms in total. The minimum atomic E-state index is 0.470. The van der Waals surface area contributed by atoms with Crippen LogP contribution in [-0.4, -0.2) is 18.1 Å². The van der Waals surface area contributed by atoms with Gasteiger partial charge in [0.2, 0.25) is 0 Å². The predicted octanol–water partition coefficient (Wildman–Crippen LogP) is 5.43. The number of hydrogen-bond acceptors (Lipinski definition) is 4. The molecule has 0 atom stereocenters. The minimum Gasteiger partial charge on any atom is -0.372 e. The highest BCUT2D eigenvalue weighted by atomic mass is 35.5. The van der Waals surface area contributed by atoms with Gasteiger partial charge in [0.05, 0.1) is 30.5 Å². The zero-order chi connectivity index (χ0) is 20.1. The van der Waals surface area contributed by atoms with Crippen LogP contribution in [0.15, 0.2) is 84.3 Å². The maximum Gasteiger partial charge on any atom is 0.0761 e. The number of benzene rings is 2. The third-order valence-corrected chi connectivity index (χ3v) is 5.50. The molecule has 148 valence electrons. The largest absolute Gasteiger partial charge is 0.372 e. The Morgan fingerprint density at radius 3 is 2.38 bits per heavy atom. The number of hydrogen-bond donors (Lipinski definition) is 1. The monoisotopic (exact) mass is 425 g/mol. The molecular formula is C23H21Cl2N3O. The zero-order valence-electron chi connectivity index (χ0n) is 15.8. The molecule has 0 saturated carbocycles. The summed E-state index contributed by atoms with van der Waals surface area (Å²) in [5, 5.41) is 3.50. The van der Waals surface area contributed by atoms with Crippen LogP contribution < -0.4 is 10.4 Å². The smallest absolute Gasteiger partial charge is 0.0761 e. The summed E-state index contributed by atoms with van der Waals surface area (Å²) in [5.41, 5.74) is 8.94. The van der Waals surface area contributed by atoms with Crippen molar-refractivity contribution in [2.75, 3.05) is 18.2 Å². The van der Waals surface area contributed by atoms with Gasteiger partial charge >= 0.3 is 0 Å². The summed E-state index contributed by atoms with van der Waals surface area (Å²) in [5.74, 6) is 0. The van der Waals surface area contributed by atoms with Crippen LogP contribution in [0.4, 0.5) is 5.69 Å². The van der Waals surface area contributed by atoms with Crippen LogP contribution in [0.5, 0.6) is 0 Å². The Bertz CT molecular complexity index is 1010. The zero-order valence-corrected chi connectivity index (χ0v) is 17.3. The second-order valence-electron chi connectivity index (χ2n) is 6.85. The molecule has 2 aromatic carbocycles. The van der Waals surface area contributed by atoms with E-state index in [-0.39, 0.29) is 0 Å². The summed E-state index contributed by atoms with van der Waals surface area (Å²) in [7, 11) is 0. The van der Waals surface area contributed by atoms with E-state index in [2.05, 4.69) is 15.4 Å². The van der Waals surface area contributed by atoms with Gasteiger partial charge in [-0.05, 0) is 47.0 Å². The van der Waals surface area contributed by atoms with E-state index < -0.39 is 0 Å². The molecule has 3 aromatic rings. The number of hydrazine groups is 1. The molecule has 1 N–H and O–H groups in total. The Hall–Kier alpha value is -2.53. The summed E-state index contributed by atoms with van der Waals surface area (Å²) in [6, 6.07) is 19.6. The lowest BCUT2D eigenvalue weighted by Crippen LogP contribution is -2.32. The van der Waals surface area contributed by atoms with Gasteiger partial charge in [0.1, 0.15) is 0 Å². The number of aromatic nitrogens is 1. The first-order valence-electron chi connectivity index (χ1n) is 9.40. The Balaban J connectivity index is 1.50. The molecule has 0 radical (unpaired) electrons. The lowest BCUT2D eigenvalue weighted by Gasteiger charge is -2.21. The number of pyridine rings is 1. The van der Waals surface area contributed by atoms with Crippen molar-refractivity contribution in [1.82, 2.24) is 10.4 Å². The summed E-state index contributed by atoms with van der Waals surface area (Å²) in [4.78, 5) is 4.10. The SMILES string of the molecule is Clc1ccccc1COCC1=C(Cc2ccncc2)NN(c2ccccc2Cl)C1. The molecule has 2 heterocycles. The van der Waals surface area contributed by atoms with Crippen molar-refractivity contribution in [3.05, 3.63) is 105 Å². The Morgan fingerprint density at radius 1 is 0.897 bits per heavy atom. The van der Waals surface area contributed by atoms with E-state index in [0.29, 0.717) is 24.8 Å². The van der Waals surface area contributed by atoms with Crippen molar-refractivity contribution in [2.45, 2.75) is 13.0 Å². The van der Waals surface area contributed by atoms with Crippen LogP contribution in [0.3, 0.4) is 0 Å². The third-order valence-electron chi connectivity index (χ3n) is 4.81. The standard InChI is InChI=1S/C23H21Cl2N3O/c24-20-6-2-1-5-18(20)15-29-16-19-14-28(23-8-4-3-7-21(23)25)27-22(19)13-17-9-11-26-12-10-17/h1-12,27H,13-16H2. The summed E-state index contributed by atoms with van der Waals surface area (Å²) < 4.78 is 6.01. The fourth-order valence-electron chi connectivity index (χ4n) is 3.29. The molecule has 1 aliphatic heterocycles. The Labute approximate surface area is 180 Å². The number of para-hydroxylation sites is 1. The summed E-state index contributed by atoms with van der Waals surface area (Å²) in [6.07, 6.45) is 4.39. The highest BCUT2D eigenvalue weighted by molar-refractivity contribution is 6.33. The number of halogens is 2. The number of allylic oxidation sites excluding steroid dienone is 1. The van der Waals surface area contributed by atoms with Crippen LogP contribution in [0.25, 0.3) is 0 Å². The van der Waals surface area contributed by atoms with E-state index in [1.165, 1.54) is 11.1 Å². The van der Waals surface area contributed by atoms with E-state index in [1.54, 1.807) is 0 Å². The highest BCUT2D eigenvalue weighted by Crippen LogP contribution is 2.29. The van der Waals surface area contributed by atoms with Crippen LogP contribution in [0, 0.1) is 0 Å². The quantitative estimate of drug-likeness (QED) is 0.547. The molecule has 0 unspecified atom stereocenters. The van der Waals surface area contributed by atoms with Crippen molar-refractivity contribution >= 4 is 28.9 Å². The van der Waals surface area contributed by atoms with Crippen LogP contribution >= 0.6 is 23.2 Å². The van der Waals surface area contributed by atoms with Gasteiger partial charge in [0.15, 0.2) is 0 Å². The van der Waals surface area contributed by atoms with Gasteiger partial charge in [0.25, 0.3) is 0 Å². The van der Waals surface area contributed by atoms with Gasteiger partial charge in [-0.1, -0.05) is 53.5 Å². The molecule has 29 heavy (non-hydrogen) atoms. The van der Waals surface area contributed by atoms with Gasteiger partial charge in [0, 0.05) is 29.5 Å². The van der Waals surface area contributed by atoms with Gasteiger partial charge in [-0.15, -0.1) is 0 Å². The van der Waals surface area contributed by atoms with Crippen molar-refractivity contribution in [2.24, 2.45) is 0 Å². The molecular weight excluding hydrogens is 405 g/mol. The molecule has 0 spiro atoms. The minimum absolute atomic E-state index is 0.470. The highest BCUT2D eigenvalue weighted by Gasteiger charge is 2.23. The molecule has 1 aromatic heterocycles. The lowest BCUT2D eigenvalue weighted by molar-refractivity contribution is 0.142. The second-order valence-corrected chi connectivity index (χ2v) is 7.66. The van der Waals surface area contributed by atoms with E-state index in [9.17, 15) is 0 Å². The number of nitrogens with one attached hydrogen (secondary N) is 1.